The van der Waals surface area contributed by atoms with E-state index in [1.807, 2.05) is 24.3 Å². The van der Waals surface area contributed by atoms with Crippen LogP contribution in [0.1, 0.15) is 24.0 Å². The molecule has 3 aromatic rings. The highest BCUT2D eigenvalue weighted by atomic mass is 32.2. The summed E-state index contributed by atoms with van der Waals surface area (Å²) >= 11 is 1.72. The number of thioether (sulfide) groups is 1. The van der Waals surface area contributed by atoms with Gasteiger partial charge in [0.15, 0.2) is 5.82 Å². The Balaban J connectivity index is 1.35. The van der Waals surface area contributed by atoms with Gasteiger partial charge in [-0.05, 0) is 61.9 Å². The summed E-state index contributed by atoms with van der Waals surface area (Å²) in [5, 5.41) is 12.0. The molecule has 1 unspecified atom stereocenters. The summed E-state index contributed by atoms with van der Waals surface area (Å²) in [6.07, 6.45) is 3.94. The number of nitrogens with one attached hydrogen (secondary N) is 1. The van der Waals surface area contributed by atoms with E-state index in [-0.39, 0.29) is 11.8 Å². The van der Waals surface area contributed by atoms with E-state index in [1.54, 1.807) is 11.8 Å². The van der Waals surface area contributed by atoms with Crippen LogP contribution in [0.15, 0.2) is 65.6 Å². The molecular weight excluding hydrogens is 404 g/mol. The third-order valence-electron chi connectivity index (χ3n) is 5.71. The standard InChI is InChI=1S/C25H28N4OS/c1-18-5-3-6-20(15-18)23-12-13-24(28-27-23)29-14-4-7-21(17-29)25(30)26-16-19-8-10-22(31-2)11-9-19/h3,5-6,8-13,15,21H,4,7,14,16-17H2,1-2H3,(H,26,30). The van der Waals surface area contributed by atoms with Gasteiger partial charge >= 0.3 is 0 Å². The zero-order valence-electron chi connectivity index (χ0n) is 18.0. The van der Waals surface area contributed by atoms with Crippen LogP contribution in [0.3, 0.4) is 0 Å². The predicted molar refractivity (Wildman–Crippen MR) is 127 cm³/mol. The third-order valence-corrected chi connectivity index (χ3v) is 6.45. The van der Waals surface area contributed by atoms with Crippen molar-refractivity contribution < 1.29 is 4.79 Å². The van der Waals surface area contributed by atoms with E-state index in [9.17, 15) is 4.79 Å². The third kappa shape index (κ3) is 5.44. The second-order valence-corrected chi connectivity index (χ2v) is 8.88. The molecule has 4 rings (SSSR count). The molecule has 6 heteroatoms. The van der Waals surface area contributed by atoms with Gasteiger partial charge in [0.2, 0.25) is 5.91 Å². The summed E-state index contributed by atoms with van der Waals surface area (Å²) in [7, 11) is 0. The Labute approximate surface area is 188 Å². The summed E-state index contributed by atoms with van der Waals surface area (Å²) in [5.41, 5.74) is 4.26. The first-order valence-corrected chi connectivity index (χ1v) is 11.9. The fourth-order valence-corrected chi connectivity index (χ4v) is 4.34. The number of anilines is 1. The largest absolute Gasteiger partial charge is 0.354 e. The van der Waals surface area contributed by atoms with Gasteiger partial charge in [-0.3, -0.25) is 4.79 Å². The van der Waals surface area contributed by atoms with Gasteiger partial charge in [-0.2, -0.15) is 0 Å². The van der Waals surface area contributed by atoms with Crippen LogP contribution in [0.5, 0.6) is 0 Å². The monoisotopic (exact) mass is 432 g/mol. The number of piperidine rings is 1. The summed E-state index contributed by atoms with van der Waals surface area (Å²) in [4.78, 5) is 16.2. The van der Waals surface area contributed by atoms with Crippen molar-refractivity contribution in [1.29, 1.82) is 0 Å². The van der Waals surface area contributed by atoms with Gasteiger partial charge in [-0.15, -0.1) is 22.0 Å². The molecule has 0 spiro atoms. The van der Waals surface area contributed by atoms with E-state index in [4.69, 9.17) is 0 Å². The Kier molecular flexibility index (Phi) is 6.87. The zero-order chi connectivity index (χ0) is 21.6. The molecule has 0 radical (unpaired) electrons. The van der Waals surface area contributed by atoms with Crippen molar-refractivity contribution in [1.82, 2.24) is 15.5 Å². The van der Waals surface area contributed by atoms with E-state index in [1.165, 1.54) is 10.5 Å². The van der Waals surface area contributed by atoms with Gasteiger partial charge in [-0.25, -0.2) is 0 Å². The maximum absolute atomic E-state index is 12.8. The first-order chi connectivity index (χ1) is 15.1. The molecule has 1 fully saturated rings. The fraction of sp³-hybridized carbons (Fsp3) is 0.320. The van der Waals surface area contributed by atoms with E-state index in [0.29, 0.717) is 13.1 Å². The van der Waals surface area contributed by atoms with Crippen LogP contribution >= 0.6 is 11.8 Å². The van der Waals surface area contributed by atoms with Gasteiger partial charge < -0.3 is 10.2 Å². The van der Waals surface area contributed by atoms with Gasteiger partial charge in [0, 0.05) is 30.1 Å². The lowest BCUT2D eigenvalue weighted by Gasteiger charge is -2.32. The lowest BCUT2D eigenvalue weighted by Crippen LogP contribution is -2.43. The molecule has 0 aliphatic carbocycles. The van der Waals surface area contributed by atoms with E-state index < -0.39 is 0 Å². The average molecular weight is 433 g/mol. The number of carbonyl (C=O) groups is 1. The first-order valence-electron chi connectivity index (χ1n) is 10.7. The van der Waals surface area contributed by atoms with Crippen molar-refractivity contribution in [2.45, 2.75) is 31.2 Å². The SMILES string of the molecule is CSc1ccc(CNC(=O)C2CCCN(c3ccc(-c4cccc(C)c4)nn3)C2)cc1. The Bertz CT molecular complexity index is 1020. The number of aryl methyl sites for hydroxylation is 1. The molecule has 1 aromatic heterocycles. The molecule has 0 saturated carbocycles. The Morgan fingerprint density at radius 2 is 1.97 bits per heavy atom. The van der Waals surface area contributed by atoms with Crippen molar-refractivity contribution >= 4 is 23.5 Å². The van der Waals surface area contributed by atoms with Gasteiger partial charge in [0.05, 0.1) is 11.6 Å². The molecule has 1 aliphatic heterocycles. The van der Waals surface area contributed by atoms with Gasteiger partial charge in [0.1, 0.15) is 0 Å². The smallest absolute Gasteiger partial charge is 0.225 e. The Hall–Kier alpha value is -2.86. The fourth-order valence-electron chi connectivity index (χ4n) is 3.93. The normalized spacial score (nSPS) is 16.2. The Morgan fingerprint density at radius 1 is 1.13 bits per heavy atom. The average Bonchev–Trinajstić information content (AvgIpc) is 2.83. The number of rotatable bonds is 6. The number of nitrogens with zero attached hydrogens (tertiary/aromatic N) is 3. The zero-order valence-corrected chi connectivity index (χ0v) is 18.9. The van der Waals surface area contributed by atoms with Crippen molar-refractivity contribution in [2.75, 3.05) is 24.2 Å². The molecule has 5 nitrogen and oxygen atoms in total. The van der Waals surface area contributed by atoms with E-state index in [0.717, 1.165) is 42.0 Å². The lowest BCUT2D eigenvalue weighted by atomic mass is 9.97. The van der Waals surface area contributed by atoms with Crippen LogP contribution < -0.4 is 10.2 Å². The molecule has 2 heterocycles. The van der Waals surface area contributed by atoms with Gasteiger partial charge in [-0.1, -0.05) is 35.9 Å². The molecule has 160 valence electrons. The number of hydrogen-bond acceptors (Lipinski definition) is 5. The van der Waals surface area contributed by atoms with Crippen LogP contribution in [-0.2, 0) is 11.3 Å². The maximum atomic E-state index is 12.8. The van der Waals surface area contributed by atoms with E-state index in [2.05, 4.69) is 70.0 Å². The molecule has 1 atom stereocenters. The molecule has 1 saturated heterocycles. The van der Waals surface area contributed by atoms with Crippen molar-refractivity contribution in [3.8, 4) is 11.3 Å². The quantitative estimate of drug-likeness (QED) is 0.572. The maximum Gasteiger partial charge on any atom is 0.225 e. The summed E-state index contributed by atoms with van der Waals surface area (Å²) in [5.74, 6) is 0.919. The number of carbonyl (C=O) groups excluding carboxylic acids is 1. The predicted octanol–water partition coefficient (Wildman–Crippen LogP) is 4.71. The number of aromatic nitrogens is 2. The minimum absolute atomic E-state index is 0.0301. The van der Waals surface area contributed by atoms with Crippen LogP contribution in [0.2, 0.25) is 0 Å². The highest BCUT2D eigenvalue weighted by Crippen LogP contribution is 2.24. The van der Waals surface area contributed by atoms with Crippen LogP contribution in [0, 0.1) is 12.8 Å². The van der Waals surface area contributed by atoms with Crippen molar-refractivity contribution in [2.24, 2.45) is 5.92 Å². The molecule has 2 aromatic carbocycles. The summed E-state index contributed by atoms with van der Waals surface area (Å²) in [6, 6.07) is 20.6. The molecule has 1 N–H and O–H groups in total. The molecule has 1 aliphatic rings. The number of benzene rings is 2. The summed E-state index contributed by atoms with van der Waals surface area (Å²) < 4.78 is 0. The lowest BCUT2D eigenvalue weighted by molar-refractivity contribution is -0.125. The second kappa shape index (κ2) is 9.96. The molecule has 31 heavy (non-hydrogen) atoms. The van der Waals surface area contributed by atoms with Crippen molar-refractivity contribution in [3.05, 3.63) is 71.8 Å². The highest BCUT2D eigenvalue weighted by molar-refractivity contribution is 7.98. The molecule has 1 amide bonds. The van der Waals surface area contributed by atoms with Crippen LogP contribution in [-0.4, -0.2) is 35.4 Å². The highest BCUT2D eigenvalue weighted by Gasteiger charge is 2.26. The summed E-state index contributed by atoms with van der Waals surface area (Å²) in [6.45, 7) is 4.21. The van der Waals surface area contributed by atoms with Crippen molar-refractivity contribution in [3.63, 3.8) is 0 Å². The number of hydrogen-bond donors (Lipinski definition) is 1. The van der Waals surface area contributed by atoms with Gasteiger partial charge in [0.25, 0.3) is 0 Å². The van der Waals surface area contributed by atoms with Crippen LogP contribution in [0.4, 0.5) is 5.82 Å². The van der Waals surface area contributed by atoms with E-state index >= 15 is 0 Å². The Morgan fingerprint density at radius 3 is 2.68 bits per heavy atom. The van der Waals surface area contributed by atoms with Crippen LogP contribution in [0.25, 0.3) is 11.3 Å². The minimum atomic E-state index is -0.0301. The first kappa shape index (κ1) is 21.4. The molecular formula is C25H28N4OS. The molecule has 0 bridgehead atoms. The number of amides is 1. The second-order valence-electron chi connectivity index (χ2n) is 8.00. The topological polar surface area (TPSA) is 58.1 Å². The minimum Gasteiger partial charge on any atom is -0.354 e.